The molecule has 2 aromatic heterocycles. The molecule has 0 aliphatic carbocycles. The van der Waals surface area contributed by atoms with Gasteiger partial charge in [0, 0.05) is 57.5 Å². The highest BCUT2D eigenvalue weighted by atomic mass is 16.5. The van der Waals surface area contributed by atoms with Gasteiger partial charge in [0.15, 0.2) is 0 Å². The molecule has 0 atom stereocenters. The van der Waals surface area contributed by atoms with E-state index in [4.69, 9.17) is 9.26 Å². The lowest BCUT2D eigenvalue weighted by molar-refractivity contribution is 0.0691. The Bertz CT molecular complexity index is 807. The van der Waals surface area contributed by atoms with Crippen LogP contribution in [0, 0.1) is 6.92 Å². The molecule has 4 rings (SSSR count). The Balaban J connectivity index is 1.34. The first-order valence-corrected chi connectivity index (χ1v) is 10.6. The number of pyridine rings is 1. The van der Waals surface area contributed by atoms with Gasteiger partial charge >= 0.3 is 0 Å². The molecule has 0 radical (unpaired) electrons. The third-order valence-corrected chi connectivity index (χ3v) is 6.27. The molecule has 0 saturated carbocycles. The van der Waals surface area contributed by atoms with Crippen LogP contribution < -0.4 is 9.64 Å². The minimum Gasteiger partial charge on any atom is -0.495 e. The predicted octanol–water partition coefficient (Wildman–Crippen LogP) is 2.44. The summed E-state index contributed by atoms with van der Waals surface area (Å²) in [4.78, 5) is 16.4. The van der Waals surface area contributed by atoms with E-state index in [2.05, 4.69) is 43.7 Å². The largest absolute Gasteiger partial charge is 0.495 e. The number of nitrogens with zero attached hydrogens (tertiary/aromatic N) is 6. The van der Waals surface area contributed by atoms with E-state index in [0.717, 1.165) is 42.9 Å². The Morgan fingerprint density at radius 2 is 1.83 bits per heavy atom. The average molecular weight is 401 g/mol. The molecule has 0 bridgehead atoms. The summed E-state index contributed by atoms with van der Waals surface area (Å²) in [5.41, 5.74) is 1.62. The van der Waals surface area contributed by atoms with Crippen LogP contribution in [0.3, 0.4) is 0 Å². The SMILES string of the molecule is COc1cc(-c2nc(N3CCC(N4CCN(C(C)C)CC4)CC3)no2)cnc1C. The number of hydrogen-bond acceptors (Lipinski definition) is 8. The van der Waals surface area contributed by atoms with Crippen LogP contribution in [0.4, 0.5) is 5.95 Å². The number of piperazine rings is 1. The van der Waals surface area contributed by atoms with Gasteiger partial charge in [0.2, 0.25) is 0 Å². The highest BCUT2D eigenvalue weighted by Crippen LogP contribution is 2.27. The maximum absolute atomic E-state index is 5.51. The lowest BCUT2D eigenvalue weighted by atomic mass is 10.0. The van der Waals surface area contributed by atoms with Crippen molar-refractivity contribution in [3.8, 4) is 17.2 Å². The first kappa shape index (κ1) is 20.1. The van der Waals surface area contributed by atoms with Gasteiger partial charge in [0.25, 0.3) is 11.8 Å². The Kier molecular flexibility index (Phi) is 6.01. The van der Waals surface area contributed by atoms with Crippen LogP contribution in [-0.2, 0) is 0 Å². The number of anilines is 1. The van der Waals surface area contributed by atoms with Crippen molar-refractivity contribution in [2.75, 3.05) is 51.3 Å². The highest BCUT2D eigenvalue weighted by molar-refractivity contribution is 5.56. The first-order valence-electron chi connectivity index (χ1n) is 10.6. The Hall–Kier alpha value is -2.19. The molecular formula is C21H32N6O2. The smallest absolute Gasteiger partial charge is 0.266 e. The maximum atomic E-state index is 5.51. The van der Waals surface area contributed by atoms with Crippen LogP contribution >= 0.6 is 0 Å². The van der Waals surface area contributed by atoms with Gasteiger partial charge in [-0.3, -0.25) is 14.8 Å². The number of aryl methyl sites for hydroxylation is 1. The summed E-state index contributed by atoms with van der Waals surface area (Å²) in [6.07, 6.45) is 4.04. The zero-order chi connectivity index (χ0) is 20.4. The molecule has 0 N–H and O–H groups in total. The van der Waals surface area contributed by atoms with Crippen molar-refractivity contribution in [1.82, 2.24) is 24.9 Å². The molecular weight excluding hydrogens is 368 g/mol. The number of aromatic nitrogens is 3. The molecule has 2 fully saturated rings. The summed E-state index contributed by atoms with van der Waals surface area (Å²) in [6.45, 7) is 13.1. The Morgan fingerprint density at radius 3 is 2.48 bits per heavy atom. The van der Waals surface area contributed by atoms with Gasteiger partial charge in [0.1, 0.15) is 5.75 Å². The minimum atomic E-state index is 0.484. The zero-order valence-corrected chi connectivity index (χ0v) is 18.0. The second kappa shape index (κ2) is 8.67. The molecule has 158 valence electrons. The second-order valence-electron chi connectivity index (χ2n) is 8.30. The number of ether oxygens (including phenoxy) is 1. The van der Waals surface area contributed by atoms with E-state index in [1.165, 1.54) is 26.2 Å². The third-order valence-electron chi connectivity index (χ3n) is 6.27. The molecule has 2 aliphatic heterocycles. The van der Waals surface area contributed by atoms with E-state index in [1.807, 2.05) is 13.0 Å². The van der Waals surface area contributed by atoms with Gasteiger partial charge in [-0.05, 0) is 44.8 Å². The van der Waals surface area contributed by atoms with Crippen LogP contribution in [-0.4, -0.2) is 83.4 Å². The molecule has 8 heteroatoms. The fourth-order valence-electron chi connectivity index (χ4n) is 4.35. The normalized spacial score (nSPS) is 19.8. The maximum Gasteiger partial charge on any atom is 0.266 e. The number of rotatable bonds is 5. The molecule has 0 unspecified atom stereocenters. The number of methoxy groups -OCH3 is 1. The van der Waals surface area contributed by atoms with Crippen molar-refractivity contribution in [2.45, 2.75) is 45.7 Å². The Labute approximate surface area is 172 Å². The van der Waals surface area contributed by atoms with E-state index in [9.17, 15) is 0 Å². The van der Waals surface area contributed by atoms with Gasteiger partial charge in [0.05, 0.1) is 18.4 Å². The van der Waals surface area contributed by atoms with E-state index >= 15 is 0 Å². The van der Waals surface area contributed by atoms with Crippen LogP contribution in [0.15, 0.2) is 16.8 Å². The lowest BCUT2D eigenvalue weighted by Gasteiger charge is -2.43. The van der Waals surface area contributed by atoms with Crippen LogP contribution in [0.5, 0.6) is 5.75 Å². The number of piperidine rings is 1. The van der Waals surface area contributed by atoms with E-state index in [-0.39, 0.29) is 0 Å². The van der Waals surface area contributed by atoms with Crippen molar-refractivity contribution >= 4 is 5.95 Å². The van der Waals surface area contributed by atoms with Crippen molar-refractivity contribution in [3.63, 3.8) is 0 Å². The average Bonchev–Trinajstić information content (AvgIpc) is 3.24. The summed E-state index contributed by atoms with van der Waals surface area (Å²) in [6, 6.07) is 3.20. The molecule has 2 aromatic rings. The fourth-order valence-corrected chi connectivity index (χ4v) is 4.35. The molecule has 0 aromatic carbocycles. The molecule has 0 spiro atoms. The van der Waals surface area contributed by atoms with Gasteiger partial charge in [-0.1, -0.05) is 0 Å². The Morgan fingerprint density at radius 1 is 1.10 bits per heavy atom. The number of hydrogen-bond donors (Lipinski definition) is 0. The summed E-state index contributed by atoms with van der Waals surface area (Å²) < 4.78 is 10.9. The van der Waals surface area contributed by atoms with Crippen LogP contribution in [0.2, 0.25) is 0 Å². The summed E-state index contributed by atoms with van der Waals surface area (Å²) in [5, 5.41) is 4.21. The topological polar surface area (TPSA) is 70.8 Å². The quantitative estimate of drug-likeness (QED) is 0.758. The van der Waals surface area contributed by atoms with Gasteiger partial charge in [-0.25, -0.2) is 0 Å². The van der Waals surface area contributed by atoms with Crippen LogP contribution in [0.1, 0.15) is 32.4 Å². The van der Waals surface area contributed by atoms with Gasteiger partial charge in [-0.2, -0.15) is 4.98 Å². The van der Waals surface area contributed by atoms with Crippen molar-refractivity contribution in [2.24, 2.45) is 0 Å². The molecule has 2 aliphatic rings. The molecule has 8 nitrogen and oxygen atoms in total. The molecule has 0 amide bonds. The van der Waals surface area contributed by atoms with E-state index in [1.54, 1.807) is 13.3 Å². The predicted molar refractivity (Wildman–Crippen MR) is 112 cm³/mol. The summed E-state index contributed by atoms with van der Waals surface area (Å²) in [5.74, 6) is 1.88. The van der Waals surface area contributed by atoms with E-state index < -0.39 is 0 Å². The van der Waals surface area contributed by atoms with Crippen molar-refractivity contribution in [1.29, 1.82) is 0 Å². The standard InChI is InChI=1S/C21H32N6O2/c1-15(2)25-9-11-26(12-10-25)18-5-7-27(8-6-18)21-23-20(29-24-21)17-13-19(28-4)16(3)22-14-17/h13-15,18H,5-12H2,1-4H3. The highest BCUT2D eigenvalue weighted by Gasteiger charge is 2.29. The zero-order valence-electron chi connectivity index (χ0n) is 18.0. The lowest BCUT2D eigenvalue weighted by Crippen LogP contribution is -2.54. The summed E-state index contributed by atoms with van der Waals surface area (Å²) >= 11 is 0. The molecule has 4 heterocycles. The fraction of sp³-hybridized carbons (Fsp3) is 0.667. The van der Waals surface area contributed by atoms with Crippen LogP contribution in [0.25, 0.3) is 11.5 Å². The van der Waals surface area contributed by atoms with Crippen molar-refractivity contribution < 1.29 is 9.26 Å². The monoisotopic (exact) mass is 400 g/mol. The van der Waals surface area contributed by atoms with Crippen molar-refractivity contribution in [3.05, 3.63) is 18.0 Å². The van der Waals surface area contributed by atoms with Gasteiger partial charge in [-0.15, -0.1) is 0 Å². The van der Waals surface area contributed by atoms with Gasteiger partial charge < -0.3 is 14.2 Å². The molecule has 29 heavy (non-hydrogen) atoms. The third kappa shape index (κ3) is 4.38. The minimum absolute atomic E-state index is 0.484. The molecule has 2 saturated heterocycles. The van der Waals surface area contributed by atoms with E-state index in [0.29, 0.717) is 23.9 Å². The summed E-state index contributed by atoms with van der Waals surface area (Å²) in [7, 11) is 1.64. The second-order valence-corrected chi connectivity index (χ2v) is 8.30. The first-order chi connectivity index (χ1) is 14.0.